The molecule has 2 fully saturated rings. The molecule has 1 heterocycles. The summed E-state index contributed by atoms with van der Waals surface area (Å²) in [5, 5.41) is 0. The summed E-state index contributed by atoms with van der Waals surface area (Å²) < 4.78 is 16.6. The van der Waals surface area contributed by atoms with Gasteiger partial charge in [0, 0.05) is 51.4 Å². The van der Waals surface area contributed by atoms with E-state index in [0.717, 1.165) is 44.2 Å². The fourth-order valence-electron chi connectivity index (χ4n) is 4.27. The Hall–Kier alpha value is -1.30. The molecule has 1 aliphatic carbocycles. The molecule has 2 atom stereocenters. The Bertz CT molecular complexity index is 544. The Labute approximate surface area is 151 Å². The van der Waals surface area contributed by atoms with E-state index in [1.54, 1.807) is 14.2 Å². The maximum absolute atomic E-state index is 5.75. The number of ether oxygens (including phenoxy) is 3. The summed E-state index contributed by atoms with van der Waals surface area (Å²) in [4.78, 5) is 5.16. The van der Waals surface area contributed by atoms with E-state index in [1.807, 2.05) is 19.2 Å². The standard InChI is InChI=1S/C20H32N2O3/c1-23-17-8-9-19(24-2)16(14-17)15-21-10-12-22(13-11-21)18-6-4-5-7-20(18)25-3/h8-9,14,18,20H,4-7,10-13,15H2,1-3H3. The molecule has 3 rings (SSSR count). The predicted octanol–water partition coefficient (Wildman–Crippen LogP) is 2.78. The van der Waals surface area contributed by atoms with E-state index >= 15 is 0 Å². The highest BCUT2D eigenvalue weighted by Crippen LogP contribution is 2.28. The van der Waals surface area contributed by atoms with Crippen molar-refractivity contribution in [1.82, 2.24) is 9.80 Å². The monoisotopic (exact) mass is 348 g/mol. The van der Waals surface area contributed by atoms with Gasteiger partial charge >= 0.3 is 0 Å². The highest BCUT2D eigenvalue weighted by atomic mass is 16.5. The van der Waals surface area contributed by atoms with E-state index in [1.165, 1.54) is 31.2 Å². The van der Waals surface area contributed by atoms with Gasteiger partial charge in [-0.15, -0.1) is 0 Å². The van der Waals surface area contributed by atoms with Crippen LogP contribution in [0.15, 0.2) is 18.2 Å². The lowest BCUT2D eigenvalue weighted by Gasteiger charge is -2.43. The molecular formula is C20H32N2O3. The zero-order valence-electron chi connectivity index (χ0n) is 15.9. The summed E-state index contributed by atoms with van der Waals surface area (Å²) in [6.45, 7) is 5.33. The van der Waals surface area contributed by atoms with Crippen molar-refractivity contribution < 1.29 is 14.2 Å². The van der Waals surface area contributed by atoms with E-state index in [4.69, 9.17) is 14.2 Å². The zero-order valence-corrected chi connectivity index (χ0v) is 15.9. The molecular weight excluding hydrogens is 316 g/mol. The molecule has 2 aliphatic rings. The van der Waals surface area contributed by atoms with Crippen LogP contribution in [0.3, 0.4) is 0 Å². The topological polar surface area (TPSA) is 34.2 Å². The van der Waals surface area contributed by atoms with Crippen LogP contribution >= 0.6 is 0 Å². The van der Waals surface area contributed by atoms with Gasteiger partial charge in [0.15, 0.2) is 0 Å². The average molecular weight is 348 g/mol. The summed E-state index contributed by atoms with van der Waals surface area (Å²) in [5.41, 5.74) is 1.20. The van der Waals surface area contributed by atoms with Gasteiger partial charge in [-0.05, 0) is 31.0 Å². The third-order valence-corrected chi connectivity index (χ3v) is 5.73. The first-order valence-electron chi connectivity index (χ1n) is 9.45. The van der Waals surface area contributed by atoms with Gasteiger partial charge < -0.3 is 14.2 Å². The number of hydrogen-bond acceptors (Lipinski definition) is 5. The van der Waals surface area contributed by atoms with Crippen molar-refractivity contribution in [2.45, 2.75) is 44.4 Å². The Morgan fingerprint density at radius 1 is 0.960 bits per heavy atom. The molecule has 0 spiro atoms. The van der Waals surface area contributed by atoms with Crippen molar-refractivity contribution >= 4 is 0 Å². The Morgan fingerprint density at radius 3 is 2.40 bits per heavy atom. The molecule has 1 aromatic rings. The third kappa shape index (κ3) is 4.46. The predicted molar refractivity (Wildman–Crippen MR) is 99.4 cm³/mol. The van der Waals surface area contributed by atoms with Crippen molar-refractivity contribution in [1.29, 1.82) is 0 Å². The van der Waals surface area contributed by atoms with Crippen molar-refractivity contribution in [2.75, 3.05) is 47.5 Å². The number of hydrogen-bond donors (Lipinski definition) is 0. The fourth-order valence-corrected chi connectivity index (χ4v) is 4.27. The highest BCUT2D eigenvalue weighted by Gasteiger charge is 2.32. The highest BCUT2D eigenvalue weighted by molar-refractivity contribution is 5.40. The van der Waals surface area contributed by atoms with Crippen LogP contribution in [0, 0.1) is 0 Å². The van der Waals surface area contributed by atoms with E-state index in [0.29, 0.717) is 12.1 Å². The number of piperazine rings is 1. The van der Waals surface area contributed by atoms with E-state index < -0.39 is 0 Å². The lowest BCUT2D eigenvalue weighted by atomic mass is 9.90. The molecule has 2 unspecified atom stereocenters. The van der Waals surface area contributed by atoms with Gasteiger partial charge in [0.1, 0.15) is 11.5 Å². The first kappa shape index (κ1) is 18.5. The van der Waals surface area contributed by atoms with Crippen LogP contribution in [0.4, 0.5) is 0 Å². The van der Waals surface area contributed by atoms with Gasteiger partial charge in [0.2, 0.25) is 0 Å². The zero-order chi connectivity index (χ0) is 17.6. The number of methoxy groups -OCH3 is 3. The molecule has 0 N–H and O–H groups in total. The normalized spacial score (nSPS) is 25.7. The van der Waals surface area contributed by atoms with Crippen LogP contribution in [-0.4, -0.2) is 69.5 Å². The van der Waals surface area contributed by atoms with E-state index in [-0.39, 0.29) is 0 Å². The fraction of sp³-hybridized carbons (Fsp3) is 0.700. The van der Waals surface area contributed by atoms with Crippen LogP contribution in [0.5, 0.6) is 11.5 Å². The maximum atomic E-state index is 5.75. The van der Waals surface area contributed by atoms with Crippen LogP contribution in [0.1, 0.15) is 31.2 Å². The molecule has 0 aromatic heterocycles. The molecule has 5 heteroatoms. The van der Waals surface area contributed by atoms with Crippen molar-refractivity contribution in [3.63, 3.8) is 0 Å². The average Bonchev–Trinajstić information content (AvgIpc) is 2.68. The van der Waals surface area contributed by atoms with Crippen LogP contribution in [-0.2, 0) is 11.3 Å². The molecule has 0 bridgehead atoms. The summed E-state index contributed by atoms with van der Waals surface area (Å²) in [6, 6.07) is 6.64. The first-order valence-corrected chi connectivity index (χ1v) is 9.45. The lowest BCUT2D eigenvalue weighted by Crippen LogP contribution is -2.54. The third-order valence-electron chi connectivity index (χ3n) is 5.73. The second kappa shape index (κ2) is 8.88. The Morgan fingerprint density at radius 2 is 1.72 bits per heavy atom. The molecule has 1 aromatic carbocycles. The van der Waals surface area contributed by atoms with Gasteiger partial charge in [-0.2, -0.15) is 0 Å². The minimum Gasteiger partial charge on any atom is -0.497 e. The van der Waals surface area contributed by atoms with Crippen LogP contribution in [0.25, 0.3) is 0 Å². The second-order valence-electron chi connectivity index (χ2n) is 7.12. The Balaban J connectivity index is 1.57. The molecule has 5 nitrogen and oxygen atoms in total. The second-order valence-corrected chi connectivity index (χ2v) is 7.12. The van der Waals surface area contributed by atoms with Gasteiger partial charge in [-0.25, -0.2) is 0 Å². The molecule has 25 heavy (non-hydrogen) atoms. The minimum absolute atomic E-state index is 0.416. The quantitative estimate of drug-likeness (QED) is 0.790. The number of benzene rings is 1. The molecule has 1 saturated carbocycles. The van der Waals surface area contributed by atoms with Crippen molar-refractivity contribution in [2.24, 2.45) is 0 Å². The van der Waals surface area contributed by atoms with E-state index in [9.17, 15) is 0 Å². The SMILES string of the molecule is COc1ccc(OC)c(CN2CCN(C3CCCCC3OC)CC2)c1. The molecule has 0 radical (unpaired) electrons. The van der Waals surface area contributed by atoms with Crippen LogP contribution in [0.2, 0.25) is 0 Å². The van der Waals surface area contributed by atoms with Crippen LogP contribution < -0.4 is 9.47 Å². The first-order chi connectivity index (χ1) is 12.2. The van der Waals surface area contributed by atoms with Gasteiger partial charge in [-0.3, -0.25) is 9.80 Å². The minimum atomic E-state index is 0.416. The van der Waals surface area contributed by atoms with Crippen molar-refractivity contribution in [3.8, 4) is 11.5 Å². The van der Waals surface area contributed by atoms with Crippen molar-refractivity contribution in [3.05, 3.63) is 23.8 Å². The number of rotatable bonds is 6. The summed E-state index contributed by atoms with van der Waals surface area (Å²) in [6.07, 6.45) is 5.56. The lowest BCUT2D eigenvalue weighted by molar-refractivity contribution is -0.0279. The molecule has 1 aliphatic heterocycles. The van der Waals surface area contributed by atoms with Gasteiger partial charge in [0.05, 0.1) is 20.3 Å². The van der Waals surface area contributed by atoms with E-state index in [2.05, 4.69) is 15.9 Å². The number of nitrogens with zero attached hydrogens (tertiary/aromatic N) is 2. The summed E-state index contributed by atoms with van der Waals surface area (Å²) >= 11 is 0. The maximum Gasteiger partial charge on any atom is 0.123 e. The summed E-state index contributed by atoms with van der Waals surface area (Å²) in [7, 11) is 5.31. The summed E-state index contributed by atoms with van der Waals surface area (Å²) in [5.74, 6) is 1.83. The molecule has 0 amide bonds. The largest absolute Gasteiger partial charge is 0.497 e. The molecule has 1 saturated heterocycles. The molecule has 140 valence electrons. The van der Waals surface area contributed by atoms with Gasteiger partial charge in [-0.1, -0.05) is 12.8 Å². The Kier molecular flexibility index (Phi) is 6.57. The van der Waals surface area contributed by atoms with Gasteiger partial charge in [0.25, 0.3) is 0 Å². The smallest absolute Gasteiger partial charge is 0.123 e.